The molecule has 148 valence electrons. The van der Waals surface area contributed by atoms with Crippen molar-refractivity contribution in [1.82, 2.24) is 19.3 Å². The molecule has 0 aliphatic carbocycles. The van der Waals surface area contributed by atoms with Crippen LogP contribution >= 0.6 is 12.4 Å². The van der Waals surface area contributed by atoms with Gasteiger partial charge in [0.1, 0.15) is 5.82 Å². The fourth-order valence-corrected chi connectivity index (χ4v) is 3.68. The molecule has 8 heteroatoms. The van der Waals surface area contributed by atoms with Crippen LogP contribution in [0.25, 0.3) is 28.6 Å². The third kappa shape index (κ3) is 2.86. The molecule has 0 unspecified atom stereocenters. The van der Waals surface area contributed by atoms with Gasteiger partial charge in [-0.3, -0.25) is 4.57 Å². The van der Waals surface area contributed by atoms with Crippen LogP contribution in [0.4, 0.5) is 4.39 Å². The van der Waals surface area contributed by atoms with Crippen molar-refractivity contribution in [3.63, 3.8) is 0 Å². The van der Waals surface area contributed by atoms with E-state index in [1.54, 1.807) is 32.4 Å². The van der Waals surface area contributed by atoms with Crippen molar-refractivity contribution in [2.45, 2.75) is 6.54 Å². The number of halogens is 2. The highest BCUT2D eigenvalue weighted by molar-refractivity contribution is 5.85. The molecule has 0 saturated carbocycles. The molecule has 6 nitrogen and oxygen atoms in total. The lowest BCUT2D eigenvalue weighted by molar-refractivity contribution is 0.354. The molecule has 0 spiro atoms. The molecule has 1 aliphatic heterocycles. The minimum absolute atomic E-state index is 0. The highest BCUT2D eigenvalue weighted by Crippen LogP contribution is 2.39. The molecule has 0 amide bonds. The SMILES string of the molecule is COc1cc2c(cc1OC)-n1c(-c3ccccc3F)nnc1-c1cccn1C2.Cl. The molecule has 0 fully saturated rings. The number of rotatable bonds is 3. The fourth-order valence-electron chi connectivity index (χ4n) is 3.68. The first kappa shape index (κ1) is 19.0. The number of methoxy groups -OCH3 is 2. The number of aromatic nitrogens is 4. The Bertz CT molecular complexity index is 1200. The molecule has 0 saturated heterocycles. The summed E-state index contributed by atoms with van der Waals surface area (Å²) in [4.78, 5) is 0. The Hall–Kier alpha value is -3.32. The normalized spacial score (nSPS) is 11.6. The van der Waals surface area contributed by atoms with Crippen LogP contribution in [0.3, 0.4) is 0 Å². The number of hydrogen-bond acceptors (Lipinski definition) is 4. The predicted octanol–water partition coefficient (Wildman–Crippen LogP) is 4.34. The minimum Gasteiger partial charge on any atom is -0.493 e. The molecule has 4 aromatic rings. The Morgan fingerprint density at radius 1 is 0.931 bits per heavy atom. The quantitative estimate of drug-likeness (QED) is 0.442. The summed E-state index contributed by atoms with van der Waals surface area (Å²) in [5.74, 6) is 1.97. The van der Waals surface area contributed by atoms with Crippen molar-refractivity contribution in [3.8, 4) is 40.1 Å². The largest absolute Gasteiger partial charge is 0.493 e. The van der Waals surface area contributed by atoms with Gasteiger partial charge in [-0.1, -0.05) is 12.1 Å². The highest BCUT2D eigenvalue weighted by Gasteiger charge is 2.27. The lowest BCUT2D eigenvalue weighted by atomic mass is 10.1. The van der Waals surface area contributed by atoms with Crippen LogP contribution in [0.1, 0.15) is 5.56 Å². The summed E-state index contributed by atoms with van der Waals surface area (Å²) in [5, 5.41) is 8.73. The molecule has 0 atom stereocenters. The van der Waals surface area contributed by atoms with E-state index in [9.17, 15) is 4.39 Å². The third-order valence-electron chi connectivity index (χ3n) is 5.00. The predicted molar refractivity (Wildman–Crippen MR) is 110 cm³/mol. The Morgan fingerprint density at radius 2 is 1.66 bits per heavy atom. The number of ether oxygens (including phenoxy) is 2. The fraction of sp³-hybridized carbons (Fsp3) is 0.143. The van der Waals surface area contributed by atoms with Crippen LogP contribution in [0.2, 0.25) is 0 Å². The summed E-state index contributed by atoms with van der Waals surface area (Å²) < 4.78 is 29.5. The van der Waals surface area contributed by atoms with Gasteiger partial charge in [0.25, 0.3) is 0 Å². The van der Waals surface area contributed by atoms with E-state index in [0.717, 1.165) is 16.9 Å². The second kappa shape index (κ2) is 7.25. The Labute approximate surface area is 172 Å². The lowest BCUT2D eigenvalue weighted by Gasteiger charge is -2.16. The summed E-state index contributed by atoms with van der Waals surface area (Å²) >= 11 is 0. The van der Waals surface area contributed by atoms with E-state index in [4.69, 9.17) is 9.47 Å². The van der Waals surface area contributed by atoms with Crippen molar-refractivity contribution in [2.75, 3.05) is 14.2 Å². The summed E-state index contributed by atoms with van der Waals surface area (Å²) in [6.07, 6.45) is 1.99. The minimum atomic E-state index is -0.348. The van der Waals surface area contributed by atoms with Gasteiger partial charge in [-0.15, -0.1) is 22.6 Å². The number of benzene rings is 2. The topological polar surface area (TPSA) is 54.1 Å². The van der Waals surface area contributed by atoms with Gasteiger partial charge in [0, 0.05) is 18.8 Å². The lowest BCUT2D eigenvalue weighted by Crippen LogP contribution is -2.05. The van der Waals surface area contributed by atoms with Gasteiger partial charge >= 0.3 is 0 Å². The van der Waals surface area contributed by atoms with Crippen LogP contribution < -0.4 is 9.47 Å². The Balaban J connectivity index is 0.00000205. The maximum absolute atomic E-state index is 14.6. The monoisotopic (exact) mass is 412 g/mol. The number of nitrogens with zero attached hydrogens (tertiary/aromatic N) is 4. The van der Waals surface area contributed by atoms with Gasteiger partial charge < -0.3 is 14.0 Å². The van der Waals surface area contributed by atoms with Crippen LogP contribution in [-0.4, -0.2) is 33.6 Å². The van der Waals surface area contributed by atoms with Gasteiger partial charge in [0.2, 0.25) is 0 Å². The number of hydrogen-bond donors (Lipinski definition) is 0. The molecule has 0 bridgehead atoms. The summed E-state index contributed by atoms with van der Waals surface area (Å²) in [5.41, 5.74) is 3.12. The smallest absolute Gasteiger partial charge is 0.185 e. The second-order valence-corrected chi connectivity index (χ2v) is 6.52. The molecule has 0 radical (unpaired) electrons. The molecule has 3 heterocycles. The Morgan fingerprint density at radius 3 is 2.41 bits per heavy atom. The standard InChI is InChI=1S/C21H17FN4O2.ClH/c1-27-18-10-13-12-25-9-5-8-16(25)21-24-23-20(14-6-3-4-7-15(14)22)26(21)17(13)11-19(18)28-2;/h3-11H,12H2,1-2H3;1H. The van der Waals surface area contributed by atoms with Crippen molar-refractivity contribution in [3.05, 3.63) is 66.1 Å². The van der Waals surface area contributed by atoms with Crippen LogP contribution in [0.15, 0.2) is 54.7 Å². The third-order valence-corrected chi connectivity index (χ3v) is 5.00. The van der Waals surface area contributed by atoms with Gasteiger partial charge in [-0.05, 0) is 35.9 Å². The van der Waals surface area contributed by atoms with E-state index < -0.39 is 0 Å². The molecular weight excluding hydrogens is 395 g/mol. The molecule has 29 heavy (non-hydrogen) atoms. The molecule has 2 aromatic carbocycles. The van der Waals surface area contributed by atoms with Crippen LogP contribution in [0.5, 0.6) is 11.5 Å². The second-order valence-electron chi connectivity index (χ2n) is 6.52. The maximum Gasteiger partial charge on any atom is 0.185 e. The first-order valence-electron chi connectivity index (χ1n) is 8.82. The molecular formula is C21H18ClFN4O2. The van der Waals surface area contributed by atoms with E-state index in [1.165, 1.54) is 6.07 Å². The van der Waals surface area contributed by atoms with E-state index in [1.807, 2.05) is 35.0 Å². The highest BCUT2D eigenvalue weighted by atomic mass is 35.5. The van der Waals surface area contributed by atoms with Crippen LogP contribution in [-0.2, 0) is 6.54 Å². The molecule has 5 rings (SSSR count). The maximum atomic E-state index is 14.6. The summed E-state index contributed by atoms with van der Waals surface area (Å²) in [7, 11) is 3.20. The van der Waals surface area contributed by atoms with Gasteiger partial charge in [0.15, 0.2) is 23.1 Å². The van der Waals surface area contributed by atoms with Gasteiger partial charge in [-0.2, -0.15) is 0 Å². The molecule has 2 aromatic heterocycles. The Kier molecular flexibility index (Phi) is 4.76. The zero-order chi connectivity index (χ0) is 19.3. The van der Waals surface area contributed by atoms with Gasteiger partial charge in [0.05, 0.1) is 31.2 Å². The van der Waals surface area contributed by atoms with E-state index in [2.05, 4.69) is 14.8 Å². The zero-order valence-electron chi connectivity index (χ0n) is 15.8. The van der Waals surface area contributed by atoms with Crippen molar-refractivity contribution < 1.29 is 13.9 Å². The van der Waals surface area contributed by atoms with E-state index >= 15 is 0 Å². The first-order chi connectivity index (χ1) is 13.7. The zero-order valence-corrected chi connectivity index (χ0v) is 16.6. The summed E-state index contributed by atoms with van der Waals surface area (Å²) in [6, 6.07) is 14.3. The van der Waals surface area contributed by atoms with E-state index in [-0.39, 0.29) is 18.2 Å². The summed E-state index contributed by atoms with van der Waals surface area (Å²) in [6.45, 7) is 0.623. The molecule has 1 aliphatic rings. The van der Waals surface area contributed by atoms with Crippen molar-refractivity contribution in [2.24, 2.45) is 0 Å². The van der Waals surface area contributed by atoms with Crippen molar-refractivity contribution in [1.29, 1.82) is 0 Å². The average molecular weight is 413 g/mol. The average Bonchev–Trinajstić information content (AvgIpc) is 3.32. The first-order valence-corrected chi connectivity index (χ1v) is 8.82. The van der Waals surface area contributed by atoms with Crippen LogP contribution in [0, 0.1) is 5.82 Å². The van der Waals surface area contributed by atoms with E-state index in [0.29, 0.717) is 35.3 Å². The molecule has 0 N–H and O–H groups in total. The van der Waals surface area contributed by atoms with Crippen molar-refractivity contribution >= 4 is 12.4 Å². The number of fused-ring (bicyclic) bond motifs is 5. The van der Waals surface area contributed by atoms with Gasteiger partial charge in [-0.25, -0.2) is 4.39 Å².